The summed E-state index contributed by atoms with van der Waals surface area (Å²) in [4.78, 5) is 13.2. The monoisotopic (exact) mass is 623 g/mol. The fourth-order valence-electron chi connectivity index (χ4n) is 1.86. The van der Waals surface area contributed by atoms with Crippen LogP contribution in [0.3, 0.4) is 0 Å². The normalized spacial score (nSPS) is 11.8. The lowest BCUT2D eigenvalue weighted by atomic mass is 10.5. The predicted molar refractivity (Wildman–Crippen MR) is 145 cm³/mol. The van der Waals surface area contributed by atoms with Crippen molar-refractivity contribution in [3.63, 3.8) is 0 Å². The minimum absolute atomic E-state index is 0. The van der Waals surface area contributed by atoms with E-state index in [0.717, 1.165) is 43.8 Å². The lowest BCUT2D eigenvalue weighted by Gasteiger charge is -2.14. The molecule has 0 atom stereocenters. The van der Waals surface area contributed by atoms with Crippen LogP contribution in [0.2, 0.25) is 0 Å². The van der Waals surface area contributed by atoms with E-state index in [1.54, 1.807) is 13.8 Å². The highest BCUT2D eigenvalue weighted by Crippen LogP contribution is 2.01. The molecule has 0 aromatic rings. The van der Waals surface area contributed by atoms with Gasteiger partial charge in [0.15, 0.2) is 0 Å². The molecular formula is C24H41Br2N4O3S-. The summed E-state index contributed by atoms with van der Waals surface area (Å²) in [5.41, 5.74) is 0. The molecule has 2 aliphatic rings. The van der Waals surface area contributed by atoms with E-state index in [-0.39, 0.29) is 24.4 Å². The van der Waals surface area contributed by atoms with Crippen LogP contribution in [-0.2, 0) is 14.3 Å². The maximum absolute atomic E-state index is 4.41. The molecule has 2 aliphatic heterocycles. The fourth-order valence-corrected chi connectivity index (χ4v) is 2.05. The van der Waals surface area contributed by atoms with Gasteiger partial charge in [-0.2, -0.15) is 0 Å². The molecule has 0 spiro atoms. The molecule has 34 heavy (non-hydrogen) atoms. The van der Waals surface area contributed by atoms with Crippen molar-refractivity contribution in [3.05, 3.63) is 24.8 Å². The van der Waals surface area contributed by atoms with Crippen LogP contribution in [0.5, 0.6) is 0 Å². The first-order valence-corrected chi connectivity index (χ1v) is 12.2. The first-order valence-electron chi connectivity index (χ1n) is 10.3. The molecule has 0 saturated carbocycles. The van der Waals surface area contributed by atoms with Crippen molar-refractivity contribution in [2.75, 3.05) is 52.5 Å². The average Bonchev–Trinajstić information content (AvgIpc) is 3.41. The number of halogens is 2. The largest absolute Gasteiger partial charge is 1.00 e. The van der Waals surface area contributed by atoms with Crippen LogP contribution in [0.4, 0.5) is 0 Å². The number of rotatable bonds is 6. The lowest BCUT2D eigenvalue weighted by molar-refractivity contribution is -0.458. The second-order valence-corrected chi connectivity index (χ2v) is 7.58. The number of alkyl halides is 1. The minimum atomic E-state index is 0. The highest BCUT2D eigenvalue weighted by atomic mass is 79.9. The van der Waals surface area contributed by atoms with E-state index < -0.39 is 0 Å². The second kappa shape index (κ2) is 31.5. The summed E-state index contributed by atoms with van der Waals surface area (Å²) >= 11 is 3.94. The van der Waals surface area contributed by atoms with Gasteiger partial charge in [-0.05, 0) is 45.5 Å². The van der Waals surface area contributed by atoms with E-state index >= 15 is 0 Å². The highest BCUT2D eigenvalue weighted by molar-refractivity contribution is 9.09. The number of hydrogen-bond donors (Lipinski definition) is 0. The zero-order chi connectivity index (χ0) is 24.5. The van der Waals surface area contributed by atoms with Gasteiger partial charge in [0.05, 0.1) is 19.9 Å². The van der Waals surface area contributed by atoms with Crippen molar-refractivity contribution in [2.24, 2.45) is 0 Å². The van der Waals surface area contributed by atoms with Crippen molar-refractivity contribution in [1.29, 1.82) is 0 Å². The number of hydrogen-bond acceptors (Lipinski definition) is 8. The van der Waals surface area contributed by atoms with E-state index in [1.165, 1.54) is 0 Å². The minimum Gasteiger partial charge on any atom is -1.00 e. The zero-order valence-corrected chi connectivity index (χ0v) is 24.7. The van der Waals surface area contributed by atoms with Gasteiger partial charge in [0, 0.05) is 68.5 Å². The van der Waals surface area contributed by atoms with Crippen LogP contribution in [0.1, 0.15) is 42.0 Å². The van der Waals surface area contributed by atoms with E-state index in [2.05, 4.69) is 137 Å². The molecule has 0 radical (unpaired) electrons. The summed E-state index contributed by atoms with van der Waals surface area (Å²) in [7, 11) is 4.15. The molecule has 0 unspecified atom stereocenters. The van der Waals surface area contributed by atoms with Gasteiger partial charge in [-0.3, -0.25) is 0 Å². The van der Waals surface area contributed by atoms with Crippen molar-refractivity contribution >= 4 is 28.0 Å². The van der Waals surface area contributed by atoms with Crippen LogP contribution in [0.25, 0.3) is 0 Å². The Labute approximate surface area is 232 Å². The van der Waals surface area contributed by atoms with Crippen LogP contribution in [0, 0.1) is 34.9 Å². The summed E-state index contributed by atoms with van der Waals surface area (Å²) in [6, 6.07) is 0. The van der Waals surface area contributed by atoms with Crippen molar-refractivity contribution in [3.8, 4) is 34.9 Å². The van der Waals surface area contributed by atoms with E-state index in [9.17, 15) is 0 Å². The van der Waals surface area contributed by atoms with E-state index in [1.807, 2.05) is 6.92 Å². The van der Waals surface area contributed by atoms with Gasteiger partial charge in [0.2, 0.25) is 0 Å². The Balaban J connectivity index is -0.000000188. The van der Waals surface area contributed by atoms with Gasteiger partial charge in [0.25, 0.3) is 0 Å². The SMILES string of the molecule is C.CC#CC#CC#CSOOOCC.CCBr.CCN1C=CN(C)C1.CCN1C=CN(C)C1.[Br-]. The third-order valence-electron chi connectivity index (χ3n) is 3.32. The molecule has 0 aromatic heterocycles. The Hall–Kier alpha value is -1.45. The Kier molecular flexibility index (Phi) is 36.9. The molecule has 0 N–H and O–H groups in total. The molecule has 2 rings (SSSR count). The van der Waals surface area contributed by atoms with Crippen LogP contribution < -0.4 is 17.0 Å². The maximum atomic E-state index is 4.41. The van der Waals surface area contributed by atoms with Gasteiger partial charge < -0.3 is 36.6 Å². The third kappa shape index (κ3) is 28.6. The Bertz CT molecular complexity index is 666. The summed E-state index contributed by atoms with van der Waals surface area (Å²) in [5.74, 6) is 12.6. The molecule has 7 nitrogen and oxygen atoms in total. The van der Waals surface area contributed by atoms with Crippen molar-refractivity contribution in [2.45, 2.75) is 42.0 Å². The first-order chi connectivity index (χ1) is 15.5. The van der Waals surface area contributed by atoms with Crippen LogP contribution in [-0.4, -0.2) is 72.1 Å². The zero-order valence-electron chi connectivity index (χ0n) is 20.7. The van der Waals surface area contributed by atoms with Gasteiger partial charge in [-0.25, -0.2) is 4.89 Å². The molecule has 0 amide bonds. The molecule has 0 aliphatic carbocycles. The van der Waals surface area contributed by atoms with Crippen LogP contribution >= 0.6 is 28.0 Å². The maximum Gasteiger partial charge on any atom is 0.125 e. The topological polar surface area (TPSA) is 40.7 Å². The lowest BCUT2D eigenvalue weighted by Crippen LogP contribution is -3.00. The van der Waals surface area contributed by atoms with Crippen molar-refractivity contribution < 1.29 is 31.2 Å². The van der Waals surface area contributed by atoms with Gasteiger partial charge >= 0.3 is 0 Å². The summed E-state index contributed by atoms with van der Waals surface area (Å²) < 4.78 is 4.40. The highest BCUT2D eigenvalue weighted by Gasteiger charge is 2.04. The Morgan fingerprint density at radius 3 is 1.65 bits per heavy atom. The average molecular weight is 625 g/mol. The van der Waals surface area contributed by atoms with Gasteiger partial charge in [0.1, 0.15) is 12.0 Å². The summed E-state index contributed by atoms with van der Waals surface area (Å²) in [6.45, 7) is 14.6. The second-order valence-electron chi connectivity index (χ2n) is 5.95. The summed E-state index contributed by atoms with van der Waals surface area (Å²) in [6.07, 6.45) is 8.40. The quantitative estimate of drug-likeness (QED) is 0.111. The molecule has 0 saturated heterocycles. The molecule has 0 bridgehead atoms. The molecule has 0 fully saturated rings. The Morgan fingerprint density at radius 1 is 0.853 bits per heavy atom. The molecule has 10 heteroatoms. The third-order valence-corrected chi connectivity index (χ3v) is 3.63. The first kappa shape index (κ1) is 39.8. The molecule has 2 heterocycles. The predicted octanol–water partition coefficient (Wildman–Crippen LogP) is 1.93. The smallest absolute Gasteiger partial charge is 0.125 e. The fraction of sp³-hybridized carbons (Fsp3) is 0.583. The van der Waals surface area contributed by atoms with Crippen LogP contribution in [0.15, 0.2) is 24.8 Å². The molecule has 196 valence electrons. The van der Waals surface area contributed by atoms with Crippen molar-refractivity contribution in [1.82, 2.24) is 19.6 Å². The van der Waals surface area contributed by atoms with E-state index in [0.29, 0.717) is 6.61 Å². The molecule has 0 aromatic carbocycles. The molecular weight excluding hydrogens is 584 g/mol. The van der Waals surface area contributed by atoms with Gasteiger partial charge in [-0.15, -0.1) is 4.33 Å². The standard InChI is InChI=1S/C9H8O3S.2C6H12N2.C2H5Br.CH4.BrH/c1-3-5-6-7-8-9-13-12-11-10-4-2;2*1-3-8-5-4-7(2)6-8;1-2-3;;/h4H2,1-2H3;2*4-5H,3,6H2,1-2H3;2H2,1H3;1H4;1H/p-1. The Morgan fingerprint density at radius 2 is 1.32 bits per heavy atom. The van der Waals surface area contributed by atoms with E-state index in [4.69, 9.17) is 0 Å². The summed E-state index contributed by atoms with van der Waals surface area (Å²) in [5, 5.41) is 7.76. The number of nitrogens with zero attached hydrogens (tertiary/aromatic N) is 4. The van der Waals surface area contributed by atoms with Gasteiger partial charge in [-0.1, -0.05) is 41.2 Å².